The van der Waals surface area contributed by atoms with E-state index in [9.17, 15) is 0 Å². The van der Waals surface area contributed by atoms with Crippen LogP contribution in [-0.2, 0) is 0 Å². The Morgan fingerprint density at radius 3 is 2.35 bits per heavy atom. The molecule has 2 aromatic carbocycles. The van der Waals surface area contributed by atoms with Crippen molar-refractivity contribution in [1.29, 1.82) is 0 Å². The highest BCUT2D eigenvalue weighted by atomic mass is 32.1. The standard InChI is InChI=1S/C30H25N5OS/c1-21-7-2-3-10-27(21)36-24-13-11-23(12-14-24)35-29(28(33-30(35)37)25-8-4-5-17-32-25)26-9-6-20-34(26)22-15-18-31-19-16-22/h2-20,28-29H,1H3,(H,33,37)/t28-,29+/m0/s1. The Balaban J connectivity index is 1.39. The van der Waals surface area contributed by atoms with Gasteiger partial charge in [0.1, 0.15) is 17.5 Å². The molecule has 1 saturated heterocycles. The summed E-state index contributed by atoms with van der Waals surface area (Å²) in [6, 6.07) is 30.0. The van der Waals surface area contributed by atoms with Crippen molar-refractivity contribution in [2.24, 2.45) is 0 Å². The van der Waals surface area contributed by atoms with Crippen LogP contribution >= 0.6 is 12.2 Å². The van der Waals surface area contributed by atoms with Gasteiger partial charge in [0.25, 0.3) is 0 Å². The molecule has 4 heterocycles. The number of rotatable bonds is 6. The van der Waals surface area contributed by atoms with Crippen LogP contribution in [0.1, 0.15) is 29.0 Å². The highest BCUT2D eigenvalue weighted by Crippen LogP contribution is 2.42. The lowest BCUT2D eigenvalue weighted by Gasteiger charge is -2.29. The first kappa shape index (κ1) is 22.9. The Kier molecular flexibility index (Phi) is 6.12. The van der Waals surface area contributed by atoms with Crippen LogP contribution in [0, 0.1) is 6.92 Å². The molecular formula is C30H25N5OS. The SMILES string of the molecule is Cc1ccccc1Oc1ccc(N2C(=S)N[C@@H](c3ccccn3)[C@H]2c2cccn2-c2ccncc2)cc1. The Morgan fingerprint density at radius 2 is 1.59 bits per heavy atom. The van der Waals surface area contributed by atoms with E-state index < -0.39 is 0 Å². The summed E-state index contributed by atoms with van der Waals surface area (Å²) in [4.78, 5) is 11.0. The molecule has 182 valence electrons. The Morgan fingerprint density at radius 1 is 0.811 bits per heavy atom. The summed E-state index contributed by atoms with van der Waals surface area (Å²) in [5.41, 5.74) is 5.12. The second-order valence-corrected chi connectivity index (χ2v) is 9.25. The lowest BCUT2D eigenvalue weighted by atomic mass is 10.0. The first-order valence-electron chi connectivity index (χ1n) is 12.1. The fourth-order valence-electron chi connectivity index (χ4n) is 4.78. The van der Waals surface area contributed by atoms with Gasteiger partial charge in [0.2, 0.25) is 0 Å². The van der Waals surface area contributed by atoms with Crippen molar-refractivity contribution in [2.75, 3.05) is 4.90 Å². The summed E-state index contributed by atoms with van der Waals surface area (Å²) in [5, 5.41) is 4.18. The zero-order chi connectivity index (χ0) is 25.2. The average molecular weight is 504 g/mol. The molecule has 0 amide bonds. The summed E-state index contributed by atoms with van der Waals surface area (Å²) in [5.74, 6) is 1.62. The highest BCUT2D eigenvalue weighted by Gasteiger charge is 2.42. The van der Waals surface area contributed by atoms with Gasteiger partial charge >= 0.3 is 0 Å². The molecule has 0 spiro atoms. The van der Waals surface area contributed by atoms with Crippen molar-refractivity contribution in [3.05, 3.63) is 133 Å². The maximum absolute atomic E-state index is 6.13. The molecule has 6 nitrogen and oxygen atoms in total. The van der Waals surface area contributed by atoms with Crippen molar-refractivity contribution < 1.29 is 4.74 Å². The molecule has 5 aromatic rings. The van der Waals surface area contributed by atoms with E-state index in [1.807, 2.05) is 79.9 Å². The van der Waals surface area contributed by atoms with Gasteiger partial charge in [0, 0.05) is 41.9 Å². The average Bonchev–Trinajstić information content (AvgIpc) is 3.56. The van der Waals surface area contributed by atoms with Gasteiger partial charge in [-0.3, -0.25) is 9.97 Å². The van der Waals surface area contributed by atoms with Crippen LogP contribution in [0.4, 0.5) is 5.69 Å². The largest absolute Gasteiger partial charge is 0.457 e. The number of nitrogens with one attached hydrogen (secondary N) is 1. The van der Waals surface area contributed by atoms with Gasteiger partial charge in [-0.15, -0.1) is 0 Å². The number of ether oxygens (including phenoxy) is 1. The normalized spacial score (nSPS) is 17.0. The van der Waals surface area contributed by atoms with Crippen LogP contribution < -0.4 is 15.0 Å². The molecular weight excluding hydrogens is 478 g/mol. The van der Waals surface area contributed by atoms with Gasteiger partial charge in [0.05, 0.1) is 11.7 Å². The van der Waals surface area contributed by atoms with E-state index in [4.69, 9.17) is 17.0 Å². The van der Waals surface area contributed by atoms with E-state index in [-0.39, 0.29) is 12.1 Å². The van der Waals surface area contributed by atoms with Crippen molar-refractivity contribution in [3.63, 3.8) is 0 Å². The Hall–Kier alpha value is -4.49. The fourth-order valence-corrected chi connectivity index (χ4v) is 5.13. The van der Waals surface area contributed by atoms with Gasteiger partial charge in [-0.2, -0.15) is 0 Å². The maximum atomic E-state index is 6.13. The smallest absolute Gasteiger partial charge is 0.174 e. The molecule has 1 fully saturated rings. The molecule has 1 N–H and O–H groups in total. The van der Waals surface area contributed by atoms with Gasteiger partial charge in [-0.25, -0.2) is 0 Å². The lowest BCUT2D eigenvalue weighted by molar-refractivity contribution is 0.479. The Labute approximate surface area is 221 Å². The molecule has 37 heavy (non-hydrogen) atoms. The number of hydrogen-bond donors (Lipinski definition) is 1. The minimum absolute atomic E-state index is 0.131. The topological polar surface area (TPSA) is 55.2 Å². The van der Waals surface area contributed by atoms with Crippen molar-refractivity contribution in [1.82, 2.24) is 19.9 Å². The summed E-state index contributed by atoms with van der Waals surface area (Å²) in [6.07, 6.45) is 7.49. The third-order valence-electron chi connectivity index (χ3n) is 6.56. The van der Waals surface area contributed by atoms with Gasteiger partial charge < -0.3 is 19.5 Å². The second kappa shape index (κ2) is 9.87. The minimum Gasteiger partial charge on any atom is -0.457 e. The number of aryl methyl sites for hydroxylation is 1. The van der Waals surface area contributed by atoms with Crippen LogP contribution in [0.5, 0.6) is 11.5 Å². The number of aromatic nitrogens is 3. The molecule has 3 aromatic heterocycles. The van der Waals surface area contributed by atoms with Crippen LogP contribution in [0.3, 0.4) is 0 Å². The Bertz CT molecular complexity index is 1520. The number of nitrogens with zero attached hydrogens (tertiary/aromatic N) is 4. The van der Waals surface area contributed by atoms with Gasteiger partial charge in [-0.1, -0.05) is 24.3 Å². The predicted octanol–water partition coefficient (Wildman–Crippen LogP) is 6.55. The third-order valence-corrected chi connectivity index (χ3v) is 6.87. The van der Waals surface area contributed by atoms with E-state index in [1.54, 1.807) is 12.4 Å². The number of thiocarbonyl (C=S) groups is 1. The van der Waals surface area contributed by atoms with E-state index in [1.165, 1.54) is 0 Å². The van der Waals surface area contributed by atoms with Crippen molar-refractivity contribution >= 4 is 23.0 Å². The predicted molar refractivity (Wildman–Crippen MR) is 149 cm³/mol. The van der Waals surface area contributed by atoms with Crippen molar-refractivity contribution in [3.8, 4) is 17.2 Å². The zero-order valence-corrected chi connectivity index (χ0v) is 21.0. The summed E-state index contributed by atoms with van der Waals surface area (Å²) >= 11 is 5.90. The summed E-state index contributed by atoms with van der Waals surface area (Å²) in [7, 11) is 0. The molecule has 1 aliphatic rings. The van der Waals surface area contributed by atoms with Gasteiger partial charge in [0.15, 0.2) is 5.11 Å². The van der Waals surface area contributed by atoms with E-state index in [0.29, 0.717) is 5.11 Å². The molecule has 0 aliphatic carbocycles. The molecule has 0 saturated carbocycles. The number of anilines is 1. The van der Waals surface area contributed by atoms with Crippen LogP contribution in [0.15, 0.2) is 116 Å². The van der Waals surface area contributed by atoms with Crippen molar-refractivity contribution in [2.45, 2.75) is 19.0 Å². The van der Waals surface area contributed by atoms with Crippen LogP contribution in [0.2, 0.25) is 0 Å². The number of hydrogen-bond acceptors (Lipinski definition) is 4. The van der Waals surface area contributed by atoms with Gasteiger partial charge in [-0.05, 0) is 91.4 Å². The molecule has 0 bridgehead atoms. The number of pyridine rings is 2. The molecule has 7 heteroatoms. The minimum atomic E-state index is -0.132. The molecule has 1 aliphatic heterocycles. The summed E-state index contributed by atoms with van der Waals surface area (Å²) < 4.78 is 8.31. The maximum Gasteiger partial charge on any atom is 0.174 e. The number of benzene rings is 2. The molecule has 0 unspecified atom stereocenters. The molecule has 6 rings (SSSR count). The summed E-state index contributed by atoms with van der Waals surface area (Å²) in [6.45, 7) is 2.04. The molecule has 2 atom stereocenters. The molecule has 0 radical (unpaired) electrons. The second-order valence-electron chi connectivity index (χ2n) is 8.87. The van der Waals surface area contributed by atoms with Crippen LogP contribution in [-0.4, -0.2) is 19.6 Å². The van der Waals surface area contributed by atoms with Crippen LogP contribution in [0.25, 0.3) is 5.69 Å². The van der Waals surface area contributed by atoms with E-state index >= 15 is 0 Å². The van der Waals surface area contributed by atoms with E-state index in [0.717, 1.165) is 39.8 Å². The number of para-hydroxylation sites is 1. The van der Waals surface area contributed by atoms with E-state index in [2.05, 4.69) is 55.2 Å². The first-order chi connectivity index (χ1) is 18.2. The lowest BCUT2D eigenvalue weighted by Crippen LogP contribution is -2.30. The quantitative estimate of drug-likeness (QED) is 0.265. The monoisotopic (exact) mass is 503 g/mol. The zero-order valence-electron chi connectivity index (χ0n) is 20.2. The highest BCUT2D eigenvalue weighted by molar-refractivity contribution is 7.80. The fraction of sp³-hybridized carbons (Fsp3) is 0.100. The third kappa shape index (κ3) is 4.45. The first-order valence-corrected chi connectivity index (χ1v) is 12.5.